The lowest BCUT2D eigenvalue weighted by Crippen LogP contribution is -2.61. The summed E-state index contributed by atoms with van der Waals surface area (Å²) >= 11 is 0. The van der Waals surface area contributed by atoms with Crippen LogP contribution in [-0.2, 0) is 16.0 Å². The van der Waals surface area contributed by atoms with Crippen LogP contribution in [-0.4, -0.2) is 57.1 Å². The van der Waals surface area contributed by atoms with Gasteiger partial charge in [0.25, 0.3) is 0 Å². The smallest absolute Gasteiger partial charge is 0.335 e. The third-order valence-corrected chi connectivity index (χ3v) is 5.06. The predicted octanol–water partition coefficient (Wildman–Crippen LogP) is 2.25. The van der Waals surface area contributed by atoms with Crippen molar-refractivity contribution < 1.29 is 34.7 Å². The van der Waals surface area contributed by atoms with Crippen molar-refractivity contribution in [2.45, 2.75) is 89.0 Å². The monoisotopic (exact) mass is 396 g/mol. The van der Waals surface area contributed by atoms with E-state index in [1.54, 1.807) is 12.1 Å². The Balaban J connectivity index is 1.80. The molecular weight excluding hydrogens is 364 g/mol. The zero-order valence-corrected chi connectivity index (χ0v) is 16.4. The molecule has 1 aliphatic rings. The largest absolute Gasteiger partial charge is 0.479 e. The van der Waals surface area contributed by atoms with Gasteiger partial charge in [-0.25, -0.2) is 4.79 Å². The zero-order chi connectivity index (χ0) is 20.5. The van der Waals surface area contributed by atoms with E-state index in [9.17, 15) is 20.1 Å². The van der Waals surface area contributed by atoms with Crippen molar-refractivity contribution in [1.82, 2.24) is 0 Å². The molecule has 1 saturated heterocycles. The highest BCUT2D eigenvalue weighted by atomic mass is 16.7. The van der Waals surface area contributed by atoms with Gasteiger partial charge in [-0.3, -0.25) is 0 Å². The van der Waals surface area contributed by atoms with Gasteiger partial charge in [-0.15, -0.1) is 0 Å². The second kappa shape index (κ2) is 11.4. The fourth-order valence-electron chi connectivity index (χ4n) is 3.30. The summed E-state index contributed by atoms with van der Waals surface area (Å²) in [4.78, 5) is 11.1. The summed E-state index contributed by atoms with van der Waals surface area (Å²) in [6.07, 6.45) is 1.74. The molecule has 7 heteroatoms. The Labute approximate surface area is 165 Å². The van der Waals surface area contributed by atoms with Gasteiger partial charge < -0.3 is 29.9 Å². The summed E-state index contributed by atoms with van der Waals surface area (Å²) in [5, 5.41) is 38.6. The van der Waals surface area contributed by atoms with Gasteiger partial charge in [0.2, 0.25) is 6.29 Å². The lowest BCUT2D eigenvalue weighted by molar-refractivity contribution is -0.271. The highest BCUT2D eigenvalue weighted by Crippen LogP contribution is 2.25. The average molecular weight is 396 g/mol. The SMILES string of the molecule is CCCCCCCCCc1ccc(O[C@@H]2O[C@H](C(=O)O)[C@@H](O)[C@H](O)[C@H]2O)cc1. The molecular formula is C21H32O7. The summed E-state index contributed by atoms with van der Waals surface area (Å²) in [6, 6.07) is 7.28. The number of aliphatic carboxylic acids is 1. The zero-order valence-electron chi connectivity index (χ0n) is 16.4. The van der Waals surface area contributed by atoms with E-state index in [0.29, 0.717) is 5.75 Å². The van der Waals surface area contributed by atoms with Gasteiger partial charge in [-0.2, -0.15) is 0 Å². The molecule has 0 aliphatic carbocycles. The first-order valence-corrected chi connectivity index (χ1v) is 10.1. The Bertz CT molecular complexity index is 589. The Kier molecular flexibility index (Phi) is 9.18. The normalized spacial score (nSPS) is 27.5. The Morgan fingerprint density at radius 3 is 2.14 bits per heavy atom. The van der Waals surface area contributed by atoms with Gasteiger partial charge in [0.05, 0.1) is 0 Å². The molecule has 28 heavy (non-hydrogen) atoms. The summed E-state index contributed by atoms with van der Waals surface area (Å²) in [5.74, 6) is -1.04. The fraction of sp³-hybridized carbons (Fsp3) is 0.667. The lowest BCUT2D eigenvalue weighted by Gasteiger charge is -2.38. The molecule has 0 spiro atoms. The maximum atomic E-state index is 11.1. The molecule has 1 heterocycles. The first-order chi connectivity index (χ1) is 13.4. The second-order valence-electron chi connectivity index (χ2n) is 7.37. The van der Waals surface area contributed by atoms with Crippen LogP contribution in [0.1, 0.15) is 57.4 Å². The van der Waals surface area contributed by atoms with E-state index in [1.165, 1.54) is 44.1 Å². The number of carboxylic acids is 1. The molecule has 5 atom stereocenters. The maximum absolute atomic E-state index is 11.1. The first kappa shape index (κ1) is 22.6. The molecule has 0 amide bonds. The molecule has 158 valence electrons. The fourth-order valence-corrected chi connectivity index (χ4v) is 3.30. The van der Waals surface area contributed by atoms with Crippen molar-refractivity contribution >= 4 is 5.97 Å². The Hall–Kier alpha value is -1.67. The van der Waals surface area contributed by atoms with Gasteiger partial charge in [-0.05, 0) is 30.5 Å². The van der Waals surface area contributed by atoms with Crippen LogP contribution in [0.15, 0.2) is 24.3 Å². The van der Waals surface area contributed by atoms with E-state index >= 15 is 0 Å². The standard InChI is InChI=1S/C21H32O7/c1-2-3-4-5-6-7-8-9-14-10-12-15(13-11-14)27-21-18(24)16(22)17(23)19(28-21)20(25)26/h10-13,16-19,21-24H,2-9H2,1H3,(H,25,26)/t16-,17-,18+,19-,21+/m0/s1. The molecule has 1 aromatic rings. The molecule has 0 radical (unpaired) electrons. The van der Waals surface area contributed by atoms with Crippen LogP contribution in [0.2, 0.25) is 0 Å². The van der Waals surface area contributed by atoms with Crippen molar-refractivity contribution in [2.75, 3.05) is 0 Å². The van der Waals surface area contributed by atoms with Crippen molar-refractivity contribution in [3.05, 3.63) is 29.8 Å². The van der Waals surface area contributed by atoms with Gasteiger partial charge in [0.1, 0.15) is 24.1 Å². The molecule has 0 bridgehead atoms. The van der Waals surface area contributed by atoms with Gasteiger partial charge in [-0.1, -0.05) is 57.6 Å². The molecule has 1 aliphatic heterocycles. The van der Waals surface area contributed by atoms with Crippen LogP contribution in [0.3, 0.4) is 0 Å². The number of carbonyl (C=O) groups is 1. The van der Waals surface area contributed by atoms with Crippen LogP contribution in [0, 0.1) is 0 Å². The number of hydrogen-bond donors (Lipinski definition) is 4. The number of aliphatic hydroxyl groups is 3. The molecule has 4 N–H and O–H groups in total. The van der Waals surface area contributed by atoms with E-state index in [0.717, 1.165) is 12.8 Å². The molecule has 7 nitrogen and oxygen atoms in total. The summed E-state index contributed by atoms with van der Waals surface area (Å²) in [7, 11) is 0. The number of benzene rings is 1. The molecule has 1 aromatic carbocycles. The Morgan fingerprint density at radius 1 is 0.929 bits per heavy atom. The molecule has 2 rings (SSSR count). The minimum absolute atomic E-state index is 0.389. The van der Waals surface area contributed by atoms with Crippen molar-refractivity contribution in [3.8, 4) is 5.75 Å². The summed E-state index contributed by atoms with van der Waals surface area (Å²) in [6.45, 7) is 2.21. The second-order valence-corrected chi connectivity index (χ2v) is 7.37. The molecule has 1 fully saturated rings. The number of unbranched alkanes of at least 4 members (excludes halogenated alkanes) is 6. The predicted molar refractivity (Wildman–Crippen MR) is 103 cm³/mol. The number of aliphatic hydroxyl groups excluding tert-OH is 3. The summed E-state index contributed by atoms with van der Waals surface area (Å²) < 4.78 is 10.6. The van der Waals surface area contributed by atoms with Crippen molar-refractivity contribution in [3.63, 3.8) is 0 Å². The van der Waals surface area contributed by atoms with Gasteiger partial charge in [0, 0.05) is 0 Å². The van der Waals surface area contributed by atoms with E-state index in [-0.39, 0.29) is 0 Å². The molecule has 0 saturated carbocycles. The van der Waals surface area contributed by atoms with E-state index in [1.807, 2.05) is 12.1 Å². The van der Waals surface area contributed by atoms with Crippen molar-refractivity contribution in [1.29, 1.82) is 0 Å². The maximum Gasteiger partial charge on any atom is 0.335 e. The minimum Gasteiger partial charge on any atom is -0.479 e. The number of ether oxygens (including phenoxy) is 2. The topological polar surface area (TPSA) is 116 Å². The van der Waals surface area contributed by atoms with Gasteiger partial charge in [0.15, 0.2) is 6.10 Å². The average Bonchev–Trinajstić information content (AvgIpc) is 2.68. The van der Waals surface area contributed by atoms with E-state index < -0.39 is 36.7 Å². The van der Waals surface area contributed by atoms with E-state index in [2.05, 4.69) is 6.92 Å². The first-order valence-electron chi connectivity index (χ1n) is 10.1. The van der Waals surface area contributed by atoms with Crippen LogP contribution in [0.4, 0.5) is 0 Å². The van der Waals surface area contributed by atoms with Crippen LogP contribution >= 0.6 is 0 Å². The number of carboxylic acid groups (broad SMARTS) is 1. The van der Waals surface area contributed by atoms with Gasteiger partial charge >= 0.3 is 5.97 Å². The van der Waals surface area contributed by atoms with E-state index in [4.69, 9.17) is 14.6 Å². The highest BCUT2D eigenvalue weighted by Gasteiger charge is 2.48. The summed E-state index contributed by atoms with van der Waals surface area (Å²) in [5.41, 5.74) is 1.17. The third kappa shape index (κ3) is 6.44. The number of hydrogen-bond acceptors (Lipinski definition) is 6. The van der Waals surface area contributed by atoms with Crippen molar-refractivity contribution in [2.24, 2.45) is 0 Å². The lowest BCUT2D eigenvalue weighted by atomic mass is 9.99. The minimum atomic E-state index is -1.73. The quantitative estimate of drug-likeness (QED) is 0.424. The number of rotatable bonds is 11. The molecule has 0 unspecified atom stereocenters. The molecule has 0 aromatic heterocycles. The Morgan fingerprint density at radius 2 is 1.54 bits per heavy atom. The third-order valence-electron chi connectivity index (χ3n) is 5.06. The van der Waals surface area contributed by atoms with Crippen LogP contribution in [0.5, 0.6) is 5.75 Å². The van der Waals surface area contributed by atoms with Crippen LogP contribution in [0.25, 0.3) is 0 Å². The highest BCUT2D eigenvalue weighted by molar-refractivity contribution is 5.73. The number of aryl methyl sites for hydroxylation is 1. The van der Waals surface area contributed by atoms with Crippen LogP contribution < -0.4 is 4.74 Å².